The fourth-order valence-corrected chi connectivity index (χ4v) is 3.37. The summed E-state index contributed by atoms with van der Waals surface area (Å²) in [6, 6.07) is 6.88. The second-order valence-corrected chi connectivity index (χ2v) is 8.78. The first-order valence-electron chi connectivity index (χ1n) is 8.93. The summed E-state index contributed by atoms with van der Waals surface area (Å²) in [5.41, 5.74) is 1.57. The Labute approximate surface area is 162 Å². The van der Waals surface area contributed by atoms with Crippen molar-refractivity contribution in [1.82, 2.24) is 15.5 Å². The highest BCUT2D eigenvalue weighted by Gasteiger charge is 2.24. The average Bonchev–Trinajstić information content (AvgIpc) is 2.55. The van der Waals surface area contributed by atoms with Gasteiger partial charge in [-0.25, -0.2) is 0 Å². The van der Waals surface area contributed by atoms with Crippen LogP contribution in [0, 0.1) is 12.3 Å². The van der Waals surface area contributed by atoms with Crippen molar-refractivity contribution in [2.75, 3.05) is 39.2 Å². The van der Waals surface area contributed by atoms with Gasteiger partial charge in [-0.15, -0.1) is 0 Å². The first kappa shape index (κ1) is 22.5. The van der Waals surface area contributed by atoms with Crippen LogP contribution in [0.2, 0.25) is 0 Å². The van der Waals surface area contributed by atoms with Gasteiger partial charge in [-0.3, -0.25) is 9.59 Å². The quantitative estimate of drug-likeness (QED) is 0.656. The van der Waals surface area contributed by atoms with Gasteiger partial charge in [-0.1, -0.05) is 31.5 Å². The lowest BCUT2D eigenvalue weighted by molar-refractivity contribution is -0.123. The van der Waals surface area contributed by atoms with E-state index in [0.29, 0.717) is 18.5 Å². The summed E-state index contributed by atoms with van der Waals surface area (Å²) >= 11 is 1.67. The summed E-state index contributed by atoms with van der Waals surface area (Å²) in [5.74, 6) is 0.488. The molecule has 1 atom stereocenters. The van der Waals surface area contributed by atoms with E-state index in [4.69, 9.17) is 0 Å². The molecule has 5 nitrogen and oxygen atoms in total. The van der Waals surface area contributed by atoms with Gasteiger partial charge in [0, 0.05) is 18.7 Å². The molecule has 2 N–H and O–H groups in total. The highest BCUT2D eigenvalue weighted by atomic mass is 32.2. The predicted octanol–water partition coefficient (Wildman–Crippen LogP) is 2.55. The molecule has 0 aliphatic carbocycles. The second-order valence-electron chi connectivity index (χ2n) is 7.80. The smallest absolute Gasteiger partial charge is 0.251 e. The molecule has 1 aromatic rings. The van der Waals surface area contributed by atoms with Crippen molar-refractivity contribution in [2.24, 2.45) is 5.41 Å². The SMILES string of the molecule is CSCCC(NC(=O)c1cccc(C)c1)C(=O)NCC(C)(C)CN(C)C. The minimum Gasteiger partial charge on any atom is -0.354 e. The van der Waals surface area contributed by atoms with Gasteiger partial charge >= 0.3 is 0 Å². The first-order valence-corrected chi connectivity index (χ1v) is 10.3. The van der Waals surface area contributed by atoms with Gasteiger partial charge in [0.2, 0.25) is 5.91 Å². The minimum absolute atomic E-state index is 0.0379. The van der Waals surface area contributed by atoms with Crippen molar-refractivity contribution >= 4 is 23.6 Å². The molecule has 0 radical (unpaired) electrons. The lowest BCUT2D eigenvalue weighted by atomic mass is 9.93. The molecule has 0 aromatic heterocycles. The lowest BCUT2D eigenvalue weighted by Gasteiger charge is -2.29. The van der Waals surface area contributed by atoms with E-state index < -0.39 is 6.04 Å². The number of amides is 2. The fourth-order valence-electron chi connectivity index (χ4n) is 2.89. The van der Waals surface area contributed by atoms with Gasteiger partial charge < -0.3 is 15.5 Å². The zero-order chi connectivity index (χ0) is 19.7. The lowest BCUT2D eigenvalue weighted by Crippen LogP contribution is -2.50. The number of thioether (sulfide) groups is 1. The van der Waals surface area contributed by atoms with E-state index >= 15 is 0 Å². The summed E-state index contributed by atoms with van der Waals surface area (Å²) in [4.78, 5) is 27.3. The van der Waals surface area contributed by atoms with Gasteiger partial charge in [0.1, 0.15) is 6.04 Å². The number of aryl methyl sites for hydroxylation is 1. The monoisotopic (exact) mass is 379 g/mol. The highest BCUT2D eigenvalue weighted by Crippen LogP contribution is 2.14. The Kier molecular flexibility index (Phi) is 9.16. The molecule has 26 heavy (non-hydrogen) atoms. The Morgan fingerprint density at radius 2 is 1.96 bits per heavy atom. The zero-order valence-corrected chi connectivity index (χ0v) is 17.7. The van der Waals surface area contributed by atoms with Gasteiger partial charge in [0.25, 0.3) is 5.91 Å². The Morgan fingerprint density at radius 3 is 2.54 bits per heavy atom. The van der Waals surface area contributed by atoms with Gasteiger partial charge in [-0.05, 0) is 57.0 Å². The van der Waals surface area contributed by atoms with Crippen LogP contribution in [0.4, 0.5) is 0 Å². The van der Waals surface area contributed by atoms with Crippen LogP contribution in [0.1, 0.15) is 36.2 Å². The molecular weight excluding hydrogens is 346 g/mol. The van der Waals surface area contributed by atoms with E-state index in [1.54, 1.807) is 17.8 Å². The molecule has 0 saturated carbocycles. The van der Waals surface area contributed by atoms with E-state index in [2.05, 4.69) is 29.4 Å². The molecule has 0 spiro atoms. The van der Waals surface area contributed by atoms with Crippen molar-refractivity contribution in [3.63, 3.8) is 0 Å². The van der Waals surface area contributed by atoms with Crippen LogP contribution in [-0.4, -0.2) is 61.9 Å². The Balaban J connectivity index is 2.72. The number of hydrogen-bond donors (Lipinski definition) is 2. The van der Waals surface area contributed by atoms with Crippen LogP contribution in [0.5, 0.6) is 0 Å². The van der Waals surface area contributed by atoms with E-state index in [0.717, 1.165) is 17.9 Å². The van der Waals surface area contributed by atoms with Gasteiger partial charge in [-0.2, -0.15) is 11.8 Å². The summed E-state index contributed by atoms with van der Waals surface area (Å²) in [6.45, 7) is 7.63. The second kappa shape index (κ2) is 10.6. The molecule has 0 heterocycles. The van der Waals surface area contributed by atoms with Crippen LogP contribution < -0.4 is 10.6 Å². The van der Waals surface area contributed by atoms with Crippen molar-refractivity contribution in [3.05, 3.63) is 35.4 Å². The number of benzene rings is 1. The molecule has 1 aromatic carbocycles. The maximum absolute atomic E-state index is 12.7. The van der Waals surface area contributed by atoms with Crippen molar-refractivity contribution in [2.45, 2.75) is 33.2 Å². The number of nitrogens with one attached hydrogen (secondary N) is 2. The van der Waals surface area contributed by atoms with Crippen LogP contribution in [0.3, 0.4) is 0 Å². The Morgan fingerprint density at radius 1 is 1.27 bits per heavy atom. The molecule has 2 amide bonds. The third kappa shape index (κ3) is 8.23. The molecule has 0 aliphatic heterocycles. The number of nitrogens with zero attached hydrogens (tertiary/aromatic N) is 1. The van der Waals surface area contributed by atoms with E-state index in [1.165, 1.54) is 0 Å². The summed E-state index contributed by atoms with van der Waals surface area (Å²) in [6.07, 6.45) is 2.61. The first-order chi connectivity index (χ1) is 12.1. The molecule has 6 heteroatoms. The van der Waals surface area contributed by atoms with Crippen LogP contribution >= 0.6 is 11.8 Å². The number of carbonyl (C=O) groups excluding carboxylic acids is 2. The standard InChI is InChI=1S/C20H33N3O2S/c1-15-8-7-9-16(12-15)18(24)22-17(10-11-26-6)19(25)21-13-20(2,3)14-23(4)5/h7-9,12,17H,10-11,13-14H2,1-6H3,(H,21,25)(H,22,24). The van der Waals surface area contributed by atoms with E-state index in [-0.39, 0.29) is 17.2 Å². The molecular formula is C20H33N3O2S. The number of carbonyl (C=O) groups is 2. The zero-order valence-electron chi connectivity index (χ0n) is 16.9. The third-order valence-electron chi connectivity index (χ3n) is 4.00. The Bertz CT molecular complexity index is 602. The molecule has 146 valence electrons. The summed E-state index contributed by atoms with van der Waals surface area (Å²) in [5, 5.41) is 5.91. The fraction of sp³-hybridized carbons (Fsp3) is 0.600. The number of rotatable bonds is 10. The normalized spacial score (nSPS) is 12.7. The predicted molar refractivity (Wildman–Crippen MR) is 111 cm³/mol. The summed E-state index contributed by atoms with van der Waals surface area (Å²) < 4.78 is 0. The van der Waals surface area contributed by atoms with Crippen LogP contribution in [0.15, 0.2) is 24.3 Å². The van der Waals surface area contributed by atoms with Crippen LogP contribution in [-0.2, 0) is 4.79 Å². The largest absolute Gasteiger partial charge is 0.354 e. The maximum atomic E-state index is 12.7. The van der Waals surface area contributed by atoms with Crippen molar-refractivity contribution in [1.29, 1.82) is 0 Å². The molecule has 0 bridgehead atoms. The molecule has 1 rings (SSSR count). The maximum Gasteiger partial charge on any atom is 0.251 e. The van der Waals surface area contributed by atoms with Crippen LogP contribution in [0.25, 0.3) is 0 Å². The molecule has 0 aliphatic rings. The number of hydrogen-bond acceptors (Lipinski definition) is 4. The molecule has 1 unspecified atom stereocenters. The molecule has 0 saturated heterocycles. The average molecular weight is 380 g/mol. The summed E-state index contributed by atoms with van der Waals surface area (Å²) in [7, 11) is 4.04. The van der Waals surface area contributed by atoms with E-state index in [1.807, 2.05) is 45.5 Å². The van der Waals surface area contributed by atoms with Gasteiger partial charge in [0.05, 0.1) is 0 Å². The van der Waals surface area contributed by atoms with Gasteiger partial charge in [0.15, 0.2) is 0 Å². The van der Waals surface area contributed by atoms with Crippen molar-refractivity contribution in [3.8, 4) is 0 Å². The molecule has 0 fully saturated rings. The third-order valence-corrected chi connectivity index (χ3v) is 4.64. The van der Waals surface area contributed by atoms with Crippen molar-refractivity contribution < 1.29 is 9.59 Å². The minimum atomic E-state index is -0.523. The topological polar surface area (TPSA) is 61.4 Å². The van der Waals surface area contributed by atoms with E-state index in [9.17, 15) is 9.59 Å². The Hall–Kier alpha value is -1.53. The highest BCUT2D eigenvalue weighted by molar-refractivity contribution is 7.98.